The number of hydrogen-bond acceptors (Lipinski definition) is 7. The molecule has 2 N–H and O–H groups in total. The van der Waals surface area contributed by atoms with Gasteiger partial charge in [0.15, 0.2) is 0 Å². The van der Waals surface area contributed by atoms with E-state index in [1.807, 2.05) is 0 Å². The Morgan fingerprint density at radius 2 is 2.19 bits per heavy atom. The second-order valence-corrected chi connectivity index (χ2v) is 3.91. The number of nitrogens with zero attached hydrogens (tertiary/aromatic N) is 4. The largest absolute Gasteiger partial charge is 0.380 e. The maximum absolute atomic E-state index is 12.1. The van der Waals surface area contributed by atoms with Gasteiger partial charge in [0.05, 0.1) is 17.3 Å². The molecule has 0 saturated heterocycles. The van der Waals surface area contributed by atoms with Crippen molar-refractivity contribution < 1.29 is 9.72 Å². The maximum atomic E-state index is 12.1. The third-order valence-electron chi connectivity index (χ3n) is 2.54. The Labute approximate surface area is 119 Å². The zero-order valence-corrected chi connectivity index (χ0v) is 11.1. The number of aromatic nitrogens is 3. The predicted molar refractivity (Wildman–Crippen MR) is 75.0 cm³/mol. The average Bonchev–Trinajstić information content (AvgIpc) is 2.48. The molecule has 21 heavy (non-hydrogen) atoms. The van der Waals surface area contributed by atoms with Gasteiger partial charge in [-0.1, -0.05) is 6.07 Å². The lowest BCUT2D eigenvalue weighted by Gasteiger charge is -2.08. The normalized spacial score (nSPS) is 9.95. The molecule has 0 unspecified atom stereocenters. The van der Waals surface area contributed by atoms with Crippen LogP contribution < -0.4 is 10.6 Å². The molecular formula is C12H12N6O3. The molecule has 0 atom stereocenters. The van der Waals surface area contributed by atoms with Crippen molar-refractivity contribution >= 4 is 23.2 Å². The smallest absolute Gasteiger partial charge is 0.305 e. The van der Waals surface area contributed by atoms with Gasteiger partial charge in [0.2, 0.25) is 5.95 Å². The van der Waals surface area contributed by atoms with Gasteiger partial charge < -0.3 is 5.32 Å². The fourth-order valence-corrected chi connectivity index (χ4v) is 1.73. The number of nitro benzene ring substituents is 1. The summed E-state index contributed by atoms with van der Waals surface area (Å²) >= 11 is 0. The molecule has 0 saturated carbocycles. The van der Waals surface area contributed by atoms with Crippen molar-refractivity contribution in [2.24, 2.45) is 0 Å². The molecule has 1 heterocycles. The number of benzene rings is 1. The van der Waals surface area contributed by atoms with Crippen LogP contribution in [0.2, 0.25) is 0 Å². The first kappa shape index (κ1) is 14.3. The minimum atomic E-state index is -0.672. The van der Waals surface area contributed by atoms with Crippen LogP contribution in [0.15, 0.2) is 30.6 Å². The highest BCUT2D eigenvalue weighted by Gasteiger charge is 2.24. The molecule has 2 rings (SSSR count). The van der Waals surface area contributed by atoms with Gasteiger partial charge in [0.1, 0.15) is 11.3 Å². The van der Waals surface area contributed by atoms with Crippen LogP contribution in [0.4, 0.5) is 17.3 Å². The van der Waals surface area contributed by atoms with Crippen molar-refractivity contribution in [3.05, 3.63) is 46.3 Å². The van der Waals surface area contributed by atoms with E-state index in [1.165, 1.54) is 18.5 Å². The fourth-order valence-electron chi connectivity index (χ4n) is 1.73. The first-order valence-electron chi connectivity index (χ1n) is 6.09. The summed E-state index contributed by atoms with van der Waals surface area (Å²) in [4.78, 5) is 26.5. The van der Waals surface area contributed by atoms with Crippen molar-refractivity contribution in [2.75, 3.05) is 17.2 Å². The van der Waals surface area contributed by atoms with Gasteiger partial charge in [-0.2, -0.15) is 5.10 Å². The summed E-state index contributed by atoms with van der Waals surface area (Å²) in [6.45, 7) is 2.30. The van der Waals surface area contributed by atoms with Gasteiger partial charge in [-0.05, 0) is 19.1 Å². The quantitative estimate of drug-likeness (QED) is 0.630. The molecule has 0 fully saturated rings. The SMILES string of the molecule is CCNc1cccc(C(=O)Nc2nccnn2)c1[N+](=O)[O-]. The van der Waals surface area contributed by atoms with Gasteiger partial charge in [-0.3, -0.25) is 20.2 Å². The molecule has 0 spiro atoms. The second kappa shape index (κ2) is 6.37. The summed E-state index contributed by atoms with van der Waals surface area (Å²) in [6, 6.07) is 4.47. The molecule has 1 aromatic heterocycles. The number of rotatable bonds is 5. The molecule has 0 aliphatic rings. The van der Waals surface area contributed by atoms with E-state index in [0.29, 0.717) is 6.54 Å². The molecule has 1 amide bonds. The first-order chi connectivity index (χ1) is 10.1. The van der Waals surface area contributed by atoms with Crippen molar-refractivity contribution in [3.8, 4) is 0 Å². The highest BCUT2D eigenvalue weighted by atomic mass is 16.6. The Morgan fingerprint density at radius 1 is 1.38 bits per heavy atom. The Hall–Kier alpha value is -3.10. The Balaban J connectivity index is 2.36. The van der Waals surface area contributed by atoms with Crippen LogP contribution in [-0.4, -0.2) is 32.6 Å². The number of amides is 1. The fraction of sp³-hybridized carbons (Fsp3) is 0.167. The van der Waals surface area contributed by atoms with Crippen LogP contribution in [0.25, 0.3) is 0 Å². The minimum Gasteiger partial charge on any atom is -0.380 e. The van der Waals surface area contributed by atoms with Crippen molar-refractivity contribution in [3.63, 3.8) is 0 Å². The zero-order chi connectivity index (χ0) is 15.2. The van der Waals surface area contributed by atoms with Crippen LogP contribution in [0.5, 0.6) is 0 Å². The van der Waals surface area contributed by atoms with Crippen LogP contribution >= 0.6 is 0 Å². The van der Waals surface area contributed by atoms with Crippen LogP contribution in [-0.2, 0) is 0 Å². The average molecular weight is 288 g/mol. The topological polar surface area (TPSA) is 123 Å². The van der Waals surface area contributed by atoms with E-state index in [2.05, 4.69) is 25.8 Å². The van der Waals surface area contributed by atoms with Crippen molar-refractivity contribution in [1.29, 1.82) is 0 Å². The molecule has 2 aromatic rings. The number of carbonyl (C=O) groups is 1. The van der Waals surface area contributed by atoms with E-state index in [0.717, 1.165) is 0 Å². The van der Waals surface area contributed by atoms with Gasteiger partial charge in [-0.15, -0.1) is 5.10 Å². The zero-order valence-electron chi connectivity index (χ0n) is 11.1. The van der Waals surface area contributed by atoms with Gasteiger partial charge in [-0.25, -0.2) is 4.98 Å². The lowest BCUT2D eigenvalue weighted by atomic mass is 10.1. The number of anilines is 2. The van der Waals surface area contributed by atoms with Crippen molar-refractivity contribution in [1.82, 2.24) is 15.2 Å². The number of nitrogens with one attached hydrogen (secondary N) is 2. The lowest BCUT2D eigenvalue weighted by Crippen LogP contribution is -2.17. The Kier molecular flexibility index (Phi) is 4.34. The summed E-state index contributed by atoms with van der Waals surface area (Å²) in [7, 11) is 0. The van der Waals surface area contributed by atoms with E-state index >= 15 is 0 Å². The Morgan fingerprint density at radius 3 is 2.81 bits per heavy atom. The molecular weight excluding hydrogens is 276 g/mol. The van der Waals surface area contributed by atoms with E-state index in [9.17, 15) is 14.9 Å². The third-order valence-corrected chi connectivity index (χ3v) is 2.54. The molecule has 9 heteroatoms. The van der Waals surface area contributed by atoms with E-state index < -0.39 is 10.8 Å². The predicted octanol–water partition coefficient (Wildman–Crippen LogP) is 1.46. The highest BCUT2D eigenvalue weighted by Crippen LogP contribution is 2.28. The molecule has 0 bridgehead atoms. The van der Waals surface area contributed by atoms with E-state index in [1.54, 1.807) is 19.1 Å². The van der Waals surface area contributed by atoms with Gasteiger partial charge in [0.25, 0.3) is 5.91 Å². The molecule has 108 valence electrons. The summed E-state index contributed by atoms with van der Waals surface area (Å²) in [5, 5.41) is 23.6. The Bertz CT molecular complexity index is 661. The van der Waals surface area contributed by atoms with Crippen molar-refractivity contribution in [2.45, 2.75) is 6.92 Å². The second-order valence-electron chi connectivity index (χ2n) is 3.91. The molecule has 0 radical (unpaired) electrons. The van der Waals surface area contributed by atoms with E-state index in [-0.39, 0.29) is 22.9 Å². The minimum absolute atomic E-state index is 0.0225. The van der Waals surface area contributed by atoms with Crippen LogP contribution in [0.1, 0.15) is 17.3 Å². The number of para-hydroxylation sites is 1. The van der Waals surface area contributed by atoms with Gasteiger partial charge >= 0.3 is 5.69 Å². The number of hydrogen-bond donors (Lipinski definition) is 2. The van der Waals surface area contributed by atoms with Crippen LogP contribution in [0, 0.1) is 10.1 Å². The number of nitro groups is 1. The summed E-state index contributed by atoms with van der Waals surface area (Å²) in [5.74, 6) is -0.694. The number of carbonyl (C=O) groups excluding carboxylic acids is 1. The molecule has 9 nitrogen and oxygen atoms in total. The summed E-state index contributed by atoms with van der Waals surface area (Å²) in [6.07, 6.45) is 2.70. The monoisotopic (exact) mass is 288 g/mol. The summed E-state index contributed by atoms with van der Waals surface area (Å²) in [5.41, 5.74) is -0.0890. The van der Waals surface area contributed by atoms with Gasteiger partial charge in [0, 0.05) is 6.54 Å². The third kappa shape index (κ3) is 3.26. The molecule has 0 aliphatic carbocycles. The lowest BCUT2D eigenvalue weighted by molar-refractivity contribution is -0.384. The first-order valence-corrected chi connectivity index (χ1v) is 6.09. The molecule has 0 aliphatic heterocycles. The van der Waals surface area contributed by atoms with E-state index in [4.69, 9.17) is 0 Å². The van der Waals surface area contributed by atoms with Crippen LogP contribution in [0.3, 0.4) is 0 Å². The summed E-state index contributed by atoms with van der Waals surface area (Å²) < 4.78 is 0. The molecule has 1 aromatic carbocycles. The maximum Gasteiger partial charge on any atom is 0.305 e. The highest BCUT2D eigenvalue weighted by molar-refractivity contribution is 6.07. The standard InChI is InChI=1S/C12H12N6O3/c1-2-13-9-5-3-4-8(10(9)18(20)21)11(19)16-12-14-6-7-15-17-12/h3-7,13H,2H2,1H3,(H,14,16,17,19).